The standard InChI is InChI=1S/C16H14N4/c17-15-8-7-14(16(18)20-15)13-6-2-1-5-12(13)11-4-3-9-19-10-11/h1-10H,(H4,17,18,20). The molecular weight excluding hydrogens is 248 g/mol. The van der Waals surface area contributed by atoms with E-state index in [2.05, 4.69) is 9.97 Å². The maximum absolute atomic E-state index is 5.99. The van der Waals surface area contributed by atoms with Crippen LogP contribution in [-0.4, -0.2) is 9.97 Å². The second kappa shape index (κ2) is 5.01. The van der Waals surface area contributed by atoms with Gasteiger partial charge in [0.1, 0.15) is 11.6 Å². The summed E-state index contributed by atoms with van der Waals surface area (Å²) in [5.74, 6) is 0.853. The van der Waals surface area contributed by atoms with Crippen LogP contribution in [0.5, 0.6) is 0 Å². The summed E-state index contributed by atoms with van der Waals surface area (Å²) >= 11 is 0. The van der Waals surface area contributed by atoms with Crippen LogP contribution in [0.4, 0.5) is 11.6 Å². The summed E-state index contributed by atoms with van der Waals surface area (Å²) in [7, 11) is 0. The van der Waals surface area contributed by atoms with E-state index in [1.165, 1.54) is 0 Å². The fourth-order valence-corrected chi connectivity index (χ4v) is 2.21. The highest BCUT2D eigenvalue weighted by atomic mass is 14.9. The molecular formula is C16H14N4. The molecule has 0 aliphatic carbocycles. The molecule has 0 fully saturated rings. The Hall–Kier alpha value is -2.88. The molecule has 3 rings (SSSR count). The number of aromatic nitrogens is 2. The van der Waals surface area contributed by atoms with Gasteiger partial charge in [0.2, 0.25) is 0 Å². The van der Waals surface area contributed by atoms with Crippen LogP contribution in [0.2, 0.25) is 0 Å². The van der Waals surface area contributed by atoms with E-state index in [1.807, 2.05) is 48.7 Å². The van der Waals surface area contributed by atoms with E-state index in [-0.39, 0.29) is 0 Å². The van der Waals surface area contributed by atoms with Crippen molar-refractivity contribution in [1.82, 2.24) is 9.97 Å². The maximum Gasteiger partial charge on any atom is 0.133 e. The molecule has 0 unspecified atom stereocenters. The molecule has 0 saturated carbocycles. The molecule has 0 atom stereocenters. The summed E-state index contributed by atoms with van der Waals surface area (Å²) < 4.78 is 0. The minimum atomic E-state index is 0.421. The number of anilines is 2. The second-order valence-corrected chi connectivity index (χ2v) is 4.46. The van der Waals surface area contributed by atoms with Crippen LogP contribution >= 0.6 is 0 Å². The molecule has 4 N–H and O–H groups in total. The summed E-state index contributed by atoms with van der Waals surface area (Å²) in [6.45, 7) is 0. The SMILES string of the molecule is Nc1ccc(-c2ccccc2-c2cccnc2)c(N)n1. The third kappa shape index (κ3) is 2.19. The predicted molar refractivity (Wildman–Crippen MR) is 81.7 cm³/mol. The average Bonchev–Trinajstić information content (AvgIpc) is 2.48. The molecule has 0 radical (unpaired) electrons. The zero-order valence-corrected chi connectivity index (χ0v) is 10.8. The molecule has 0 spiro atoms. The average molecular weight is 262 g/mol. The van der Waals surface area contributed by atoms with Crippen molar-refractivity contribution in [2.75, 3.05) is 11.5 Å². The summed E-state index contributed by atoms with van der Waals surface area (Å²) in [6, 6.07) is 15.6. The molecule has 0 saturated heterocycles. The molecule has 4 heteroatoms. The van der Waals surface area contributed by atoms with Crippen molar-refractivity contribution >= 4 is 11.6 Å². The minimum Gasteiger partial charge on any atom is -0.384 e. The van der Waals surface area contributed by atoms with Gasteiger partial charge in [-0.25, -0.2) is 4.98 Å². The van der Waals surface area contributed by atoms with Crippen molar-refractivity contribution in [2.24, 2.45) is 0 Å². The van der Waals surface area contributed by atoms with Crippen LogP contribution in [0.3, 0.4) is 0 Å². The van der Waals surface area contributed by atoms with Crippen molar-refractivity contribution in [3.8, 4) is 22.3 Å². The summed E-state index contributed by atoms with van der Waals surface area (Å²) in [5, 5.41) is 0. The van der Waals surface area contributed by atoms with Crippen LogP contribution in [0.15, 0.2) is 60.9 Å². The topological polar surface area (TPSA) is 77.8 Å². The lowest BCUT2D eigenvalue weighted by molar-refractivity contribution is 1.32. The van der Waals surface area contributed by atoms with Gasteiger partial charge in [-0.3, -0.25) is 4.98 Å². The molecule has 0 bridgehead atoms. The summed E-state index contributed by atoms with van der Waals surface area (Å²) in [4.78, 5) is 8.29. The summed E-state index contributed by atoms with van der Waals surface area (Å²) in [5.41, 5.74) is 15.6. The van der Waals surface area contributed by atoms with Gasteiger partial charge in [0, 0.05) is 23.5 Å². The van der Waals surface area contributed by atoms with Crippen molar-refractivity contribution in [2.45, 2.75) is 0 Å². The van der Waals surface area contributed by atoms with E-state index in [0.29, 0.717) is 11.6 Å². The van der Waals surface area contributed by atoms with Crippen molar-refractivity contribution in [3.05, 3.63) is 60.9 Å². The summed E-state index contributed by atoms with van der Waals surface area (Å²) in [6.07, 6.45) is 3.59. The number of pyridine rings is 2. The monoisotopic (exact) mass is 262 g/mol. The first-order valence-corrected chi connectivity index (χ1v) is 6.27. The van der Waals surface area contributed by atoms with E-state index in [1.54, 1.807) is 12.3 Å². The Balaban J connectivity index is 2.20. The lowest BCUT2D eigenvalue weighted by atomic mass is 9.96. The molecule has 0 aliphatic heterocycles. The van der Waals surface area contributed by atoms with E-state index < -0.39 is 0 Å². The second-order valence-electron chi connectivity index (χ2n) is 4.46. The minimum absolute atomic E-state index is 0.421. The highest BCUT2D eigenvalue weighted by molar-refractivity contribution is 5.87. The largest absolute Gasteiger partial charge is 0.384 e. The normalized spacial score (nSPS) is 10.4. The van der Waals surface area contributed by atoms with Gasteiger partial charge in [-0.2, -0.15) is 0 Å². The Bertz CT molecular complexity index is 738. The zero-order chi connectivity index (χ0) is 13.9. The first kappa shape index (κ1) is 12.2. The Morgan fingerprint density at radius 3 is 2.25 bits per heavy atom. The lowest BCUT2D eigenvalue weighted by Gasteiger charge is -2.11. The molecule has 1 aromatic carbocycles. The van der Waals surface area contributed by atoms with Gasteiger partial charge in [-0.05, 0) is 29.3 Å². The lowest BCUT2D eigenvalue weighted by Crippen LogP contribution is -1.99. The fraction of sp³-hybridized carbons (Fsp3) is 0. The third-order valence-corrected chi connectivity index (χ3v) is 3.14. The number of hydrogen-bond acceptors (Lipinski definition) is 4. The number of hydrogen-bond donors (Lipinski definition) is 2. The molecule has 2 aromatic heterocycles. The van der Waals surface area contributed by atoms with Gasteiger partial charge >= 0.3 is 0 Å². The van der Waals surface area contributed by atoms with Gasteiger partial charge < -0.3 is 11.5 Å². The Labute approximate surface area is 117 Å². The number of benzene rings is 1. The molecule has 98 valence electrons. The number of rotatable bonds is 2. The quantitative estimate of drug-likeness (QED) is 0.744. The predicted octanol–water partition coefficient (Wildman–Crippen LogP) is 2.98. The Morgan fingerprint density at radius 2 is 1.55 bits per heavy atom. The molecule has 20 heavy (non-hydrogen) atoms. The van der Waals surface area contributed by atoms with Crippen molar-refractivity contribution < 1.29 is 0 Å². The van der Waals surface area contributed by atoms with E-state index in [0.717, 1.165) is 22.3 Å². The van der Waals surface area contributed by atoms with Gasteiger partial charge in [-0.1, -0.05) is 30.3 Å². The van der Waals surface area contributed by atoms with Crippen molar-refractivity contribution in [1.29, 1.82) is 0 Å². The van der Waals surface area contributed by atoms with E-state index >= 15 is 0 Å². The molecule has 3 aromatic rings. The first-order valence-electron chi connectivity index (χ1n) is 6.27. The van der Waals surface area contributed by atoms with Crippen LogP contribution in [0.1, 0.15) is 0 Å². The Morgan fingerprint density at radius 1 is 0.750 bits per heavy atom. The van der Waals surface area contributed by atoms with Crippen LogP contribution in [0.25, 0.3) is 22.3 Å². The van der Waals surface area contributed by atoms with Crippen molar-refractivity contribution in [3.63, 3.8) is 0 Å². The van der Waals surface area contributed by atoms with Crippen LogP contribution in [0, 0.1) is 0 Å². The molecule has 0 amide bonds. The first-order chi connectivity index (χ1) is 9.75. The smallest absolute Gasteiger partial charge is 0.133 e. The van der Waals surface area contributed by atoms with E-state index in [4.69, 9.17) is 11.5 Å². The number of nitrogens with zero attached hydrogens (tertiary/aromatic N) is 2. The Kier molecular flexibility index (Phi) is 3.05. The van der Waals surface area contributed by atoms with Crippen LogP contribution in [-0.2, 0) is 0 Å². The van der Waals surface area contributed by atoms with Gasteiger partial charge in [0.25, 0.3) is 0 Å². The molecule has 4 nitrogen and oxygen atoms in total. The molecule has 0 aliphatic rings. The maximum atomic E-state index is 5.99. The molecule has 2 heterocycles. The van der Waals surface area contributed by atoms with E-state index in [9.17, 15) is 0 Å². The van der Waals surface area contributed by atoms with Gasteiger partial charge in [-0.15, -0.1) is 0 Å². The third-order valence-electron chi connectivity index (χ3n) is 3.14. The van der Waals surface area contributed by atoms with Gasteiger partial charge in [0.15, 0.2) is 0 Å². The van der Waals surface area contributed by atoms with Gasteiger partial charge in [0.05, 0.1) is 0 Å². The van der Waals surface area contributed by atoms with Crippen LogP contribution < -0.4 is 11.5 Å². The fourth-order valence-electron chi connectivity index (χ4n) is 2.21. The highest BCUT2D eigenvalue weighted by Gasteiger charge is 2.10. The highest BCUT2D eigenvalue weighted by Crippen LogP contribution is 2.34. The zero-order valence-electron chi connectivity index (χ0n) is 10.8. The number of nitrogen functional groups attached to an aromatic ring is 2. The number of nitrogens with two attached hydrogens (primary N) is 2.